The number of hydrogen-bond donors (Lipinski definition) is 0. The Bertz CT molecular complexity index is 8060. The first kappa shape index (κ1) is 82.4. The molecule has 25 rings (SSSR count). The molecule has 12 nitrogen and oxygen atoms in total. The molecule has 12 heteroatoms. The van der Waals surface area contributed by atoms with Gasteiger partial charge < -0.3 is 37.3 Å². The number of aromatic nitrogens is 4. The molecule has 0 aliphatic heterocycles. The Balaban J connectivity index is 0.000000150. The summed E-state index contributed by atoms with van der Waals surface area (Å²) in [4.78, 5) is 28.1. The second-order valence-electron chi connectivity index (χ2n) is 34.1. The van der Waals surface area contributed by atoms with Crippen LogP contribution in [0, 0.1) is 0 Å². The standard InChI is InChI=1S/C64H42N4O2.C62H42N4O2/c1-3-11-51-41-57(39-25-43(51)9-1)67(55-35-27-49(28-36-55)63-65-59-13-5-7-15-61(59)69-63)53-31-21-47(22-32-53)45-17-19-46(20-18-45)48-23-33-54(34-24-48)68(58-40-26-44-10-2-4-12-52(44)42-58)56-37-29-50(30-38-56)64-66-60-14-6-8-16-62(60)70-64;1-3-21-51(22-4-1)65(53-35-31-43(32-36-53)61-63-57-27-7-9-29-59(57)67-61)55-25-13-19-49(41-55)47-17-11-15-45(39-47)46-16-12-18-48(40-46)50-20-14-26-56(42-50)66(52-23-5-2-6-24-52)54-37-33-44(34-38-54)62-64-58-28-8-10-30-60(58)68-62/h1-42H;1-42H. The lowest BCUT2D eigenvalue weighted by molar-refractivity contribution is 0.619. The number of nitrogens with zero attached hydrogens (tertiary/aromatic N) is 8. The Morgan fingerprint density at radius 1 is 0.123 bits per heavy atom. The Hall–Kier alpha value is -18.8. The number of anilines is 12. The van der Waals surface area contributed by atoms with E-state index in [2.05, 4.69) is 420 Å². The van der Waals surface area contributed by atoms with Crippen LogP contribution in [0.2, 0.25) is 0 Å². The topological polar surface area (TPSA) is 117 Å². The van der Waals surface area contributed by atoms with Gasteiger partial charge in [-0.3, -0.25) is 0 Å². The van der Waals surface area contributed by atoms with Gasteiger partial charge in [-0.25, -0.2) is 19.9 Å². The van der Waals surface area contributed by atoms with Crippen molar-refractivity contribution in [1.82, 2.24) is 19.9 Å². The molecule has 0 radical (unpaired) electrons. The zero-order valence-electron chi connectivity index (χ0n) is 74.7. The number of hydrogen-bond acceptors (Lipinski definition) is 12. The summed E-state index contributed by atoms with van der Waals surface area (Å²) >= 11 is 0. The summed E-state index contributed by atoms with van der Waals surface area (Å²) < 4.78 is 24.4. The average molecular weight is 1770 g/mol. The predicted molar refractivity (Wildman–Crippen MR) is 566 cm³/mol. The second-order valence-corrected chi connectivity index (χ2v) is 34.1. The highest BCUT2D eigenvalue weighted by Crippen LogP contribution is 2.46. The van der Waals surface area contributed by atoms with Gasteiger partial charge in [0.05, 0.1) is 0 Å². The van der Waals surface area contributed by atoms with E-state index in [0.717, 1.165) is 191 Å². The molecule has 0 aliphatic rings. The van der Waals surface area contributed by atoms with E-state index in [9.17, 15) is 0 Å². The molecule has 0 aliphatic carbocycles. The van der Waals surface area contributed by atoms with Gasteiger partial charge in [0, 0.05) is 90.5 Å². The minimum Gasteiger partial charge on any atom is -0.436 e. The molecule has 0 fully saturated rings. The number of para-hydroxylation sites is 10. The molecule has 0 saturated carbocycles. The smallest absolute Gasteiger partial charge is 0.227 e. The van der Waals surface area contributed by atoms with Crippen LogP contribution in [0.3, 0.4) is 0 Å². The molecule has 25 aromatic rings. The van der Waals surface area contributed by atoms with Crippen molar-refractivity contribution < 1.29 is 17.7 Å². The minimum absolute atomic E-state index is 0.607. The molecule has 4 aromatic heterocycles. The van der Waals surface area contributed by atoms with Crippen molar-refractivity contribution in [2.24, 2.45) is 0 Å². The van der Waals surface area contributed by atoms with Crippen molar-refractivity contribution in [3.05, 3.63) is 510 Å². The highest BCUT2D eigenvalue weighted by atomic mass is 16.4. The summed E-state index contributed by atoms with van der Waals surface area (Å²) in [5.41, 5.74) is 34.2. The molecule has 0 N–H and O–H groups in total. The maximum atomic E-state index is 6.10. The van der Waals surface area contributed by atoms with Crippen molar-refractivity contribution in [2.75, 3.05) is 19.6 Å². The molecule has 0 saturated heterocycles. The third kappa shape index (κ3) is 16.8. The summed E-state index contributed by atoms with van der Waals surface area (Å²) in [5.74, 6) is 2.43. The monoisotopic (exact) mass is 1770 g/mol. The van der Waals surface area contributed by atoms with Crippen LogP contribution in [0.4, 0.5) is 68.2 Å². The van der Waals surface area contributed by atoms with Gasteiger partial charge >= 0.3 is 0 Å². The zero-order chi connectivity index (χ0) is 91.6. The lowest BCUT2D eigenvalue weighted by atomic mass is 9.95. The molecule has 0 unspecified atom stereocenters. The Kier molecular flexibility index (Phi) is 21.7. The Labute approximate surface area is 797 Å². The highest BCUT2D eigenvalue weighted by Gasteiger charge is 2.23. The Morgan fingerprint density at radius 3 is 0.594 bits per heavy atom. The van der Waals surface area contributed by atoms with Crippen LogP contribution in [0.25, 0.3) is 167 Å². The molecular weight excluding hydrogens is 1690 g/mol. The first-order chi connectivity index (χ1) is 68.3. The van der Waals surface area contributed by atoms with Crippen LogP contribution < -0.4 is 19.6 Å². The fourth-order valence-corrected chi connectivity index (χ4v) is 18.4. The van der Waals surface area contributed by atoms with Gasteiger partial charge in [-0.1, -0.05) is 255 Å². The predicted octanol–water partition coefficient (Wildman–Crippen LogP) is 35.1. The van der Waals surface area contributed by atoms with E-state index in [-0.39, 0.29) is 0 Å². The van der Waals surface area contributed by atoms with Gasteiger partial charge in [0.2, 0.25) is 23.6 Å². The SMILES string of the molecule is c1ccc(N(c2ccc(-c3nc4ccccc4o3)cc2)c2cccc(-c3cccc(-c4cccc(-c5cccc(N(c6ccccc6)c6ccc(-c7nc8ccccc8o7)cc6)c5)c4)c3)c2)cc1.c1ccc2cc(N(c3ccc(-c4ccc(-c5ccc(N(c6ccc(-c7nc8ccccc8o7)cc6)c6ccc7ccccc7c6)cc5)cc4)cc3)c3ccc(-c4nc5ccccc5o4)cc3)ccc2c1. The van der Waals surface area contributed by atoms with E-state index in [1.165, 1.54) is 21.5 Å². The number of benzene rings is 21. The number of oxazole rings is 4. The van der Waals surface area contributed by atoms with E-state index in [4.69, 9.17) is 37.6 Å². The van der Waals surface area contributed by atoms with Gasteiger partial charge in [-0.2, -0.15) is 0 Å². The van der Waals surface area contributed by atoms with Crippen LogP contribution in [0.15, 0.2) is 527 Å². The summed E-state index contributed by atoms with van der Waals surface area (Å²) in [5, 5.41) is 4.78. The normalized spacial score (nSPS) is 11.3. The van der Waals surface area contributed by atoms with Gasteiger partial charge in [0.15, 0.2) is 22.3 Å². The zero-order valence-corrected chi connectivity index (χ0v) is 74.7. The molecular formula is C126H84N8O4. The third-order valence-corrected chi connectivity index (χ3v) is 25.4. The fraction of sp³-hybridized carbons (Fsp3) is 0. The minimum atomic E-state index is 0.607. The lowest BCUT2D eigenvalue weighted by Gasteiger charge is -2.26. The second kappa shape index (κ2) is 36.4. The van der Waals surface area contributed by atoms with Crippen LogP contribution in [0.5, 0.6) is 0 Å². The van der Waals surface area contributed by atoms with Crippen LogP contribution in [-0.4, -0.2) is 19.9 Å². The molecule has 4 heterocycles. The molecule has 21 aromatic carbocycles. The van der Waals surface area contributed by atoms with Crippen LogP contribution in [-0.2, 0) is 0 Å². The van der Waals surface area contributed by atoms with Gasteiger partial charge in [0.1, 0.15) is 22.1 Å². The van der Waals surface area contributed by atoms with Crippen molar-refractivity contribution in [3.63, 3.8) is 0 Å². The molecule has 0 bridgehead atoms. The number of rotatable bonds is 21. The van der Waals surface area contributed by atoms with Crippen LogP contribution >= 0.6 is 0 Å². The molecule has 0 amide bonds. The molecule has 138 heavy (non-hydrogen) atoms. The summed E-state index contributed by atoms with van der Waals surface area (Å²) in [6.07, 6.45) is 0. The van der Waals surface area contributed by atoms with Crippen molar-refractivity contribution in [2.45, 2.75) is 0 Å². The molecule has 0 atom stereocenters. The average Bonchev–Trinajstić information content (AvgIpc) is 0.925. The highest BCUT2D eigenvalue weighted by molar-refractivity contribution is 5.94. The van der Waals surface area contributed by atoms with E-state index in [1.54, 1.807) is 0 Å². The van der Waals surface area contributed by atoms with E-state index in [1.807, 2.05) is 109 Å². The van der Waals surface area contributed by atoms with Gasteiger partial charge in [0.25, 0.3) is 0 Å². The maximum Gasteiger partial charge on any atom is 0.227 e. The van der Waals surface area contributed by atoms with Crippen molar-refractivity contribution in [1.29, 1.82) is 0 Å². The largest absolute Gasteiger partial charge is 0.436 e. The molecule has 0 spiro atoms. The fourth-order valence-electron chi connectivity index (χ4n) is 18.4. The maximum absolute atomic E-state index is 6.10. The van der Waals surface area contributed by atoms with E-state index in [0.29, 0.717) is 23.6 Å². The first-order valence-corrected chi connectivity index (χ1v) is 46.2. The first-order valence-electron chi connectivity index (χ1n) is 46.2. The van der Waals surface area contributed by atoms with Crippen molar-refractivity contribution in [3.8, 4) is 101 Å². The van der Waals surface area contributed by atoms with Gasteiger partial charge in [-0.15, -0.1) is 0 Å². The van der Waals surface area contributed by atoms with E-state index < -0.39 is 0 Å². The summed E-state index contributed by atoms with van der Waals surface area (Å²) in [6.45, 7) is 0. The van der Waals surface area contributed by atoms with Crippen molar-refractivity contribution >= 4 is 134 Å². The third-order valence-electron chi connectivity index (χ3n) is 25.4. The quantitative estimate of drug-likeness (QED) is 0.0682. The Morgan fingerprint density at radius 2 is 0.319 bits per heavy atom. The van der Waals surface area contributed by atoms with Gasteiger partial charge in [-0.05, 0) is 332 Å². The van der Waals surface area contributed by atoms with Crippen LogP contribution in [0.1, 0.15) is 0 Å². The molecule has 652 valence electrons. The number of fused-ring (bicyclic) bond motifs is 6. The van der Waals surface area contributed by atoms with E-state index >= 15 is 0 Å². The summed E-state index contributed by atoms with van der Waals surface area (Å²) in [7, 11) is 0. The summed E-state index contributed by atoms with van der Waals surface area (Å²) in [6, 6.07) is 178. The lowest BCUT2D eigenvalue weighted by Crippen LogP contribution is -2.09.